The fourth-order valence-electron chi connectivity index (χ4n) is 3.77. The van der Waals surface area contributed by atoms with Crippen molar-refractivity contribution in [2.24, 2.45) is 18.9 Å². The molecule has 20 heavy (non-hydrogen) atoms. The summed E-state index contributed by atoms with van der Waals surface area (Å²) in [4.78, 5) is 0. The lowest BCUT2D eigenvalue weighted by molar-refractivity contribution is 0.231. The molecule has 3 heteroatoms. The number of hydrogen-bond donors (Lipinski definition) is 1. The van der Waals surface area contributed by atoms with Gasteiger partial charge in [-0.25, -0.2) is 0 Å². The number of nitrogens with one attached hydrogen (secondary N) is 1. The molecule has 1 N–H and O–H groups in total. The molecule has 2 aromatic rings. The zero-order valence-corrected chi connectivity index (χ0v) is 12.6. The van der Waals surface area contributed by atoms with E-state index in [0.29, 0.717) is 0 Å². The van der Waals surface area contributed by atoms with Crippen LogP contribution in [0.15, 0.2) is 24.3 Å². The number of benzene rings is 1. The van der Waals surface area contributed by atoms with Crippen LogP contribution < -0.4 is 5.32 Å². The smallest absolute Gasteiger partial charge is 0.0706 e. The van der Waals surface area contributed by atoms with E-state index in [-0.39, 0.29) is 0 Å². The molecule has 0 amide bonds. The number of aryl methyl sites for hydroxylation is 1. The van der Waals surface area contributed by atoms with Crippen molar-refractivity contribution in [2.75, 3.05) is 13.6 Å². The molecule has 1 fully saturated rings. The molecule has 1 heterocycles. The zero-order chi connectivity index (χ0) is 13.9. The molecule has 0 spiro atoms. The highest BCUT2D eigenvalue weighted by molar-refractivity contribution is 5.81. The Hall–Kier alpha value is -1.35. The van der Waals surface area contributed by atoms with Crippen LogP contribution in [0.25, 0.3) is 10.9 Å². The third-order valence-corrected chi connectivity index (χ3v) is 4.82. The van der Waals surface area contributed by atoms with Gasteiger partial charge in [-0.05, 0) is 50.8 Å². The highest BCUT2D eigenvalue weighted by Crippen LogP contribution is 2.33. The zero-order valence-electron chi connectivity index (χ0n) is 12.6. The van der Waals surface area contributed by atoms with Gasteiger partial charge in [-0.15, -0.1) is 0 Å². The molecule has 0 aliphatic heterocycles. The maximum Gasteiger partial charge on any atom is 0.0706 e. The van der Waals surface area contributed by atoms with E-state index in [1.165, 1.54) is 42.3 Å². The summed E-state index contributed by atoms with van der Waals surface area (Å²) in [6.07, 6.45) is 6.64. The van der Waals surface area contributed by atoms with Gasteiger partial charge in [0.1, 0.15) is 0 Å². The van der Waals surface area contributed by atoms with Gasteiger partial charge >= 0.3 is 0 Å². The Labute approximate surface area is 121 Å². The molecule has 2 atom stereocenters. The highest BCUT2D eigenvalue weighted by atomic mass is 15.3. The third kappa shape index (κ3) is 2.59. The van der Waals surface area contributed by atoms with E-state index in [0.717, 1.165) is 24.8 Å². The lowest BCUT2D eigenvalue weighted by Gasteiger charge is -2.31. The standard InChI is InChI=1S/C17H25N3/c1-18-12-14-8-4-3-7-13(14)11-16-15-9-5-6-10-17(15)20(2)19-16/h5-6,9-10,13-14,18H,3-4,7-8,11-12H2,1-2H3. The summed E-state index contributed by atoms with van der Waals surface area (Å²) in [7, 11) is 4.12. The van der Waals surface area contributed by atoms with Crippen LogP contribution in [-0.2, 0) is 13.5 Å². The van der Waals surface area contributed by atoms with Crippen LogP contribution in [0.3, 0.4) is 0 Å². The lowest BCUT2D eigenvalue weighted by Crippen LogP contribution is -2.30. The highest BCUT2D eigenvalue weighted by Gasteiger charge is 2.26. The van der Waals surface area contributed by atoms with E-state index in [1.54, 1.807) is 0 Å². The second-order valence-corrected chi connectivity index (χ2v) is 6.15. The van der Waals surface area contributed by atoms with Gasteiger partial charge < -0.3 is 5.32 Å². The second-order valence-electron chi connectivity index (χ2n) is 6.15. The Morgan fingerprint density at radius 3 is 2.75 bits per heavy atom. The van der Waals surface area contributed by atoms with Crippen molar-refractivity contribution >= 4 is 10.9 Å². The molecule has 2 unspecified atom stereocenters. The minimum atomic E-state index is 0.787. The van der Waals surface area contributed by atoms with Gasteiger partial charge in [-0.3, -0.25) is 4.68 Å². The number of aromatic nitrogens is 2. The molecule has 0 radical (unpaired) electrons. The largest absolute Gasteiger partial charge is 0.319 e. The van der Waals surface area contributed by atoms with Gasteiger partial charge in [0.15, 0.2) is 0 Å². The normalized spacial score (nSPS) is 23.3. The average molecular weight is 271 g/mol. The minimum Gasteiger partial charge on any atom is -0.319 e. The van der Waals surface area contributed by atoms with Crippen LogP contribution in [0.1, 0.15) is 31.4 Å². The van der Waals surface area contributed by atoms with Crippen LogP contribution in [0, 0.1) is 11.8 Å². The SMILES string of the molecule is CNCC1CCCCC1Cc1nn(C)c2ccccc12. The van der Waals surface area contributed by atoms with Crippen LogP contribution in [0.2, 0.25) is 0 Å². The summed E-state index contributed by atoms with van der Waals surface area (Å²) in [5.41, 5.74) is 2.54. The fraction of sp³-hybridized carbons (Fsp3) is 0.588. The fourth-order valence-corrected chi connectivity index (χ4v) is 3.77. The van der Waals surface area contributed by atoms with E-state index in [4.69, 9.17) is 5.10 Å². The molecule has 3 rings (SSSR count). The second kappa shape index (κ2) is 5.96. The minimum absolute atomic E-state index is 0.787. The Balaban J connectivity index is 1.84. The summed E-state index contributed by atoms with van der Waals surface area (Å²) in [5, 5.41) is 9.48. The summed E-state index contributed by atoms with van der Waals surface area (Å²) in [6.45, 7) is 1.15. The van der Waals surface area contributed by atoms with Crippen molar-refractivity contribution in [1.82, 2.24) is 15.1 Å². The Morgan fingerprint density at radius 1 is 1.20 bits per heavy atom. The molecule has 1 aliphatic carbocycles. The summed E-state index contributed by atoms with van der Waals surface area (Å²) in [5.74, 6) is 1.60. The molecule has 1 saturated carbocycles. The van der Waals surface area contributed by atoms with Gasteiger partial charge in [0.25, 0.3) is 0 Å². The first-order valence-electron chi connectivity index (χ1n) is 7.85. The number of hydrogen-bond acceptors (Lipinski definition) is 2. The summed E-state index contributed by atoms with van der Waals surface area (Å²) >= 11 is 0. The summed E-state index contributed by atoms with van der Waals surface area (Å²) < 4.78 is 2.03. The number of rotatable bonds is 4. The first-order chi connectivity index (χ1) is 9.79. The average Bonchev–Trinajstić information content (AvgIpc) is 2.79. The molecule has 0 bridgehead atoms. The Kier molecular flexibility index (Phi) is 4.06. The Bertz CT molecular complexity index is 571. The van der Waals surface area contributed by atoms with Crippen molar-refractivity contribution < 1.29 is 0 Å². The third-order valence-electron chi connectivity index (χ3n) is 4.82. The van der Waals surface area contributed by atoms with Crippen LogP contribution in [0.4, 0.5) is 0 Å². The van der Waals surface area contributed by atoms with E-state index >= 15 is 0 Å². The van der Waals surface area contributed by atoms with Crippen molar-refractivity contribution in [1.29, 1.82) is 0 Å². The van der Waals surface area contributed by atoms with Gasteiger partial charge in [0.05, 0.1) is 11.2 Å². The molecule has 3 nitrogen and oxygen atoms in total. The first-order valence-corrected chi connectivity index (χ1v) is 7.85. The van der Waals surface area contributed by atoms with Crippen molar-refractivity contribution in [3.05, 3.63) is 30.0 Å². The van der Waals surface area contributed by atoms with E-state index in [9.17, 15) is 0 Å². The molecule has 1 aliphatic rings. The van der Waals surface area contributed by atoms with E-state index in [1.807, 2.05) is 4.68 Å². The van der Waals surface area contributed by atoms with Gasteiger partial charge in [0.2, 0.25) is 0 Å². The van der Waals surface area contributed by atoms with Crippen molar-refractivity contribution in [2.45, 2.75) is 32.1 Å². The molecular weight excluding hydrogens is 246 g/mol. The van der Waals surface area contributed by atoms with Gasteiger partial charge in [-0.1, -0.05) is 31.0 Å². The van der Waals surface area contributed by atoms with Crippen molar-refractivity contribution in [3.8, 4) is 0 Å². The van der Waals surface area contributed by atoms with Crippen LogP contribution >= 0.6 is 0 Å². The van der Waals surface area contributed by atoms with Gasteiger partial charge in [-0.2, -0.15) is 5.10 Å². The van der Waals surface area contributed by atoms with Gasteiger partial charge in [0, 0.05) is 12.4 Å². The predicted molar refractivity (Wildman–Crippen MR) is 83.8 cm³/mol. The van der Waals surface area contributed by atoms with E-state index in [2.05, 4.69) is 43.7 Å². The number of nitrogens with zero attached hydrogens (tertiary/aromatic N) is 2. The molecule has 108 valence electrons. The maximum atomic E-state index is 4.77. The Morgan fingerprint density at radius 2 is 1.95 bits per heavy atom. The summed E-state index contributed by atoms with van der Waals surface area (Å²) in [6, 6.07) is 8.60. The maximum absolute atomic E-state index is 4.77. The topological polar surface area (TPSA) is 29.9 Å². The van der Waals surface area contributed by atoms with Crippen LogP contribution in [0.5, 0.6) is 0 Å². The first kappa shape index (κ1) is 13.6. The molecular formula is C17H25N3. The monoisotopic (exact) mass is 271 g/mol. The number of para-hydroxylation sites is 1. The quantitative estimate of drug-likeness (QED) is 0.926. The lowest BCUT2D eigenvalue weighted by atomic mass is 9.76. The molecule has 1 aromatic heterocycles. The van der Waals surface area contributed by atoms with E-state index < -0.39 is 0 Å². The molecule has 1 aromatic carbocycles. The molecule has 0 saturated heterocycles. The predicted octanol–water partition coefficient (Wildman–Crippen LogP) is 3.14. The van der Waals surface area contributed by atoms with Crippen LogP contribution in [-0.4, -0.2) is 23.4 Å². The number of fused-ring (bicyclic) bond motifs is 1. The van der Waals surface area contributed by atoms with Crippen molar-refractivity contribution in [3.63, 3.8) is 0 Å².